The molecule has 1 unspecified atom stereocenters. The fourth-order valence-electron chi connectivity index (χ4n) is 3.64. The minimum atomic E-state index is -1.06. The molecule has 0 aliphatic heterocycles. The van der Waals surface area contributed by atoms with Crippen LogP contribution in [0.15, 0.2) is 36.4 Å². The molecule has 0 aromatic heterocycles. The zero-order valence-corrected chi connectivity index (χ0v) is 18.7. The van der Waals surface area contributed by atoms with Crippen molar-refractivity contribution in [3.05, 3.63) is 53.3 Å². The fraction of sp³-hybridized carbons (Fsp3) is 0.462. The summed E-state index contributed by atoms with van der Waals surface area (Å²) in [5, 5.41) is 19.0. The Morgan fingerprint density at radius 1 is 1.10 bits per heavy atom. The molecule has 2 rings (SSSR count). The molecule has 0 radical (unpaired) electrons. The Labute approximate surface area is 184 Å². The largest absolute Gasteiger partial charge is 0.491 e. The number of aromatic carboxylic acids is 1. The SMILES string of the molecule is CCCCCCCCOc1ccc(-c2ccc(C(=O)O)cc2C(C#N)C(C)C)cc1F. The number of benzene rings is 2. The van der Waals surface area contributed by atoms with Gasteiger partial charge < -0.3 is 9.84 Å². The van der Waals surface area contributed by atoms with Crippen molar-refractivity contribution in [1.29, 1.82) is 5.26 Å². The van der Waals surface area contributed by atoms with Gasteiger partial charge in [0.25, 0.3) is 0 Å². The van der Waals surface area contributed by atoms with Crippen LogP contribution < -0.4 is 4.74 Å². The molecule has 31 heavy (non-hydrogen) atoms. The normalized spacial score (nSPS) is 11.9. The van der Waals surface area contributed by atoms with E-state index in [4.69, 9.17) is 4.74 Å². The van der Waals surface area contributed by atoms with Gasteiger partial charge in [-0.2, -0.15) is 5.26 Å². The summed E-state index contributed by atoms with van der Waals surface area (Å²) in [6.07, 6.45) is 6.82. The van der Waals surface area contributed by atoms with Crippen molar-refractivity contribution in [2.45, 2.75) is 65.2 Å². The highest BCUT2D eigenvalue weighted by atomic mass is 19.1. The predicted octanol–water partition coefficient (Wildman–Crippen LogP) is 7.19. The minimum absolute atomic E-state index is 0.0161. The molecule has 4 nitrogen and oxygen atoms in total. The van der Waals surface area contributed by atoms with Gasteiger partial charge in [0.1, 0.15) is 0 Å². The first-order valence-corrected chi connectivity index (χ1v) is 11.1. The second-order valence-electron chi connectivity index (χ2n) is 8.22. The third-order valence-corrected chi connectivity index (χ3v) is 5.44. The number of rotatable bonds is 12. The standard InChI is InChI=1S/C26H32FNO3/c1-4-5-6-7-8-9-14-31-25-13-11-19(16-24(25)27)21-12-10-20(26(29)30)15-22(21)23(17-28)18(2)3/h10-13,15-16,18,23H,4-9,14H2,1-3H3,(H,29,30). The van der Waals surface area contributed by atoms with E-state index in [1.165, 1.54) is 43.9 Å². The van der Waals surface area contributed by atoms with Gasteiger partial charge in [-0.15, -0.1) is 0 Å². The zero-order valence-electron chi connectivity index (χ0n) is 18.7. The van der Waals surface area contributed by atoms with Crippen LogP contribution in [0.2, 0.25) is 0 Å². The average Bonchev–Trinajstić information content (AvgIpc) is 2.74. The second-order valence-corrected chi connectivity index (χ2v) is 8.22. The van der Waals surface area contributed by atoms with E-state index < -0.39 is 17.7 Å². The maximum atomic E-state index is 14.7. The van der Waals surface area contributed by atoms with E-state index in [1.54, 1.807) is 18.2 Å². The van der Waals surface area contributed by atoms with Crippen LogP contribution in [0.4, 0.5) is 4.39 Å². The molecule has 0 amide bonds. The highest BCUT2D eigenvalue weighted by Crippen LogP contribution is 2.35. The Bertz CT molecular complexity index is 917. The first kappa shape index (κ1) is 24.4. The van der Waals surface area contributed by atoms with Gasteiger partial charge in [-0.05, 0) is 53.3 Å². The summed E-state index contributed by atoms with van der Waals surface area (Å²) < 4.78 is 20.3. The van der Waals surface area contributed by atoms with E-state index in [0.717, 1.165) is 12.8 Å². The molecule has 0 saturated heterocycles. The molecule has 0 bridgehead atoms. The smallest absolute Gasteiger partial charge is 0.335 e. The number of unbranched alkanes of at least 4 members (excludes halogenated alkanes) is 5. The number of nitriles is 1. The van der Waals surface area contributed by atoms with Crippen LogP contribution in [0.25, 0.3) is 11.1 Å². The molecule has 5 heteroatoms. The van der Waals surface area contributed by atoms with Crippen molar-refractivity contribution >= 4 is 5.97 Å². The van der Waals surface area contributed by atoms with Crippen LogP contribution in [0, 0.1) is 23.1 Å². The van der Waals surface area contributed by atoms with Crippen molar-refractivity contribution in [2.75, 3.05) is 6.61 Å². The Kier molecular flexibility index (Phi) is 9.52. The predicted molar refractivity (Wildman–Crippen MR) is 121 cm³/mol. The molecule has 2 aromatic carbocycles. The number of carbonyl (C=O) groups is 1. The number of nitrogens with zero attached hydrogens (tertiary/aromatic N) is 1. The molecule has 2 aromatic rings. The van der Waals surface area contributed by atoms with Gasteiger partial charge in [0.05, 0.1) is 24.2 Å². The van der Waals surface area contributed by atoms with Crippen LogP contribution in [-0.2, 0) is 0 Å². The molecular formula is C26H32FNO3. The van der Waals surface area contributed by atoms with Crippen LogP contribution in [0.3, 0.4) is 0 Å². The van der Waals surface area contributed by atoms with Gasteiger partial charge in [0.15, 0.2) is 11.6 Å². The topological polar surface area (TPSA) is 70.3 Å². The summed E-state index contributed by atoms with van der Waals surface area (Å²) in [6.45, 7) is 6.48. The highest BCUT2D eigenvalue weighted by Gasteiger charge is 2.22. The van der Waals surface area contributed by atoms with Crippen LogP contribution in [0.1, 0.15) is 81.1 Å². The van der Waals surface area contributed by atoms with Crippen molar-refractivity contribution in [3.63, 3.8) is 0 Å². The van der Waals surface area contributed by atoms with Crippen molar-refractivity contribution in [3.8, 4) is 22.9 Å². The summed E-state index contributed by atoms with van der Waals surface area (Å²) in [5.74, 6) is -1.83. The summed E-state index contributed by atoms with van der Waals surface area (Å²) in [6, 6.07) is 11.7. The van der Waals surface area contributed by atoms with Gasteiger partial charge in [0.2, 0.25) is 0 Å². The van der Waals surface area contributed by atoms with Gasteiger partial charge >= 0.3 is 5.97 Å². The fourth-order valence-corrected chi connectivity index (χ4v) is 3.64. The molecule has 166 valence electrons. The molecular weight excluding hydrogens is 393 g/mol. The number of carboxylic acid groups (broad SMARTS) is 1. The minimum Gasteiger partial charge on any atom is -0.491 e. The van der Waals surface area contributed by atoms with E-state index in [-0.39, 0.29) is 17.2 Å². The summed E-state index contributed by atoms with van der Waals surface area (Å²) in [7, 11) is 0. The molecule has 0 fully saturated rings. The molecule has 1 N–H and O–H groups in total. The number of ether oxygens (including phenoxy) is 1. The lowest BCUT2D eigenvalue weighted by Gasteiger charge is -2.19. The lowest BCUT2D eigenvalue weighted by molar-refractivity contribution is 0.0696. The summed E-state index contributed by atoms with van der Waals surface area (Å²) in [5.41, 5.74) is 1.96. The molecule has 1 atom stereocenters. The van der Waals surface area contributed by atoms with E-state index >= 15 is 0 Å². The molecule has 0 aliphatic carbocycles. The molecule has 0 heterocycles. The lowest BCUT2D eigenvalue weighted by atomic mass is 9.83. The highest BCUT2D eigenvalue weighted by molar-refractivity contribution is 5.89. The monoisotopic (exact) mass is 425 g/mol. The quantitative estimate of drug-likeness (QED) is 0.365. The lowest BCUT2D eigenvalue weighted by Crippen LogP contribution is -2.08. The van der Waals surface area contributed by atoms with Gasteiger partial charge in [0, 0.05) is 0 Å². The van der Waals surface area contributed by atoms with Crippen molar-refractivity contribution in [1.82, 2.24) is 0 Å². The Hall–Kier alpha value is -2.87. The van der Waals surface area contributed by atoms with Crippen molar-refractivity contribution < 1.29 is 19.0 Å². The Balaban J connectivity index is 2.20. The van der Waals surface area contributed by atoms with E-state index in [1.807, 2.05) is 13.8 Å². The number of halogens is 1. The Morgan fingerprint density at radius 2 is 1.81 bits per heavy atom. The first-order valence-electron chi connectivity index (χ1n) is 11.1. The summed E-state index contributed by atoms with van der Waals surface area (Å²) >= 11 is 0. The third kappa shape index (κ3) is 6.82. The maximum absolute atomic E-state index is 14.7. The molecule has 0 spiro atoms. The van der Waals surface area contributed by atoms with E-state index in [2.05, 4.69) is 13.0 Å². The van der Waals surface area contributed by atoms with Crippen LogP contribution in [0.5, 0.6) is 5.75 Å². The van der Waals surface area contributed by atoms with Gasteiger partial charge in [-0.3, -0.25) is 0 Å². The molecule has 0 saturated carbocycles. The summed E-state index contributed by atoms with van der Waals surface area (Å²) in [4.78, 5) is 11.4. The number of hydrogen-bond donors (Lipinski definition) is 1. The van der Waals surface area contributed by atoms with Crippen molar-refractivity contribution in [2.24, 2.45) is 5.92 Å². The van der Waals surface area contributed by atoms with E-state index in [9.17, 15) is 19.6 Å². The van der Waals surface area contributed by atoms with Crippen LogP contribution in [-0.4, -0.2) is 17.7 Å². The van der Waals surface area contributed by atoms with Gasteiger partial charge in [-0.1, -0.05) is 65.0 Å². The molecule has 0 aliphatic rings. The number of carboxylic acids is 1. The first-order chi connectivity index (χ1) is 14.9. The second kappa shape index (κ2) is 12.1. The average molecular weight is 426 g/mol. The third-order valence-electron chi connectivity index (χ3n) is 5.44. The van der Waals surface area contributed by atoms with Gasteiger partial charge in [-0.25, -0.2) is 9.18 Å². The number of hydrogen-bond acceptors (Lipinski definition) is 3. The maximum Gasteiger partial charge on any atom is 0.335 e. The van der Waals surface area contributed by atoms with E-state index in [0.29, 0.717) is 23.3 Å². The van der Waals surface area contributed by atoms with Crippen LogP contribution >= 0.6 is 0 Å². The zero-order chi connectivity index (χ0) is 22.8. The Morgan fingerprint density at radius 3 is 2.42 bits per heavy atom.